The average Bonchev–Trinajstić information content (AvgIpc) is 3.29. The SMILES string of the molecule is CCOc1ccc([C@@H]2C(C(=O)Nc3ccccc3)=C(C)N=c3s/c(=C\c4ccc(OCC)c(OCC)c4)c(=O)n32)cc1. The number of ether oxygens (including phenoxy) is 3. The molecule has 0 saturated carbocycles. The number of anilines is 1. The molecule has 42 heavy (non-hydrogen) atoms. The van der Waals surface area contributed by atoms with Gasteiger partial charge in [0.25, 0.3) is 11.5 Å². The zero-order chi connectivity index (χ0) is 29.6. The summed E-state index contributed by atoms with van der Waals surface area (Å²) in [4.78, 5) is 33.0. The molecule has 1 N–H and O–H groups in total. The number of carbonyl (C=O) groups excluding carboxylic acids is 1. The van der Waals surface area contributed by atoms with Crippen LogP contribution in [0.1, 0.15) is 44.9 Å². The van der Waals surface area contributed by atoms with Crippen LogP contribution in [-0.4, -0.2) is 30.3 Å². The van der Waals surface area contributed by atoms with Crippen LogP contribution < -0.4 is 34.4 Å². The van der Waals surface area contributed by atoms with Crippen LogP contribution in [0.15, 0.2) is 93.9 Å². The number of rotatable bonds is 10. The van der Waals surface area contributed by atoms with E-state index in [1.165, 1.54) is 11.3 Å². The number of nitrogens with one attached hydrogen (secondary N) is 1. The summed E-state index contributed by atoms with van der Waals surface area (Å²) in [5.74, 6) is 1.66. The van der Waals surface area contributed by atoms with Crippen LogP contribution in [0, 0.1) is 0 Å². The zero-order valence-corrected chi connectivity index (χ0v) is 24.9. The van der Waals surface area contributed by atoms with Crippen molar-refractivity contribution < 1.29 is 19.0 Å². The number of hydrogen-bond acceptors (Lipinski definition) is 7. The predicted octanol–water partition coefficient (Wildman–Crippen LogP) is 5.07. The molecule has 0 unspecified atom stereocenters. The van der Waals surface area contributed by atoms with Crippen LogP contribution >= 0.6 is 11.3 Å². The molecular formula is C33H33N3O5S. The van der Waals surface area contributed by atoms with Gasteiger partial charge in [-0.2, -0.15) is 0 Å². The molecule has 1 atom stereocenters. The third kappa shape index (κ3) is 6.01. The molecule has 0 saturated heterocycles. The number of fused-ring (bicyclic) bond motifs is 1. The number of hydrogen-bond donors (Lipinski definition) is 1. The van der Waals surface area contributed by atoms with Gasteiger partial charge in [-0.1, -0.05) is 47.7 Å². The number of thiazole rings is 1. The van der Waals surface area contributed by atoms with Crippen molar-refractivity contribution >= 4 is 29.0 Å². The van der Waals surface area contributed by atoms with E-state index < -0.39 is 6.04 Å². The van der Waals surface area contributed by atoms with Crippen LogP contribution in [0.4, 0.5) is 5.69 Å². The van der Waals surface area contributed by atoms with Gasteiger partial charge < -0.3 is 19.5 Å². The Labute approximate surface area is 248 Å². The van der Waals surface area contributed by atoms with Crippen LogP contribution in [-0.2, 0) is 4.79 Å². The lowest BCUT2D eigenvalue weighted by molar-refractivity contribution is -0.113. The van der Waals surface area contributed by atoms with Crippen LogP contribution in [0.3, 0.4) is 0 Å². The molecule has 0 aliphatic carbocycles. The first-order valence-corrected chi connectivity index (χ1v) is 14.8. The normalized spacial score (nSPS) is 14.7. The number of benzene rings is 3. The molecule has 0 fully saturated rings. The van der Waals surface area contributed by atoms with E-state index in [0.717, 1.165) is 11.1 Å². The van der Waals surface area contributed by atoms with Crippen LogP contribution in [0.2, 0.25) is 0 Å². The second-order valence-electron chi connectivity index (χ2n) is 9.48. The molecular weight excluding hydrogens is 550 g/mol. The second kappa shape index (κ2) is 12.9. The number of nitrogens with zero attached hydrogens (tertiary/aromatic N) is 2. The average molecular weight is 584 g/mol. The molecule has 2 heterocycles. The Bertz CT molecular complexity index is 1790. The van der Waals surface area contributed by atoms with Gasteiger partial charge in [-0.25, -0.2) is 4.99 Å². The summed E-state index contributed by atoms with van der Waals surface area (Å²) in [6.07, 6.45) is 1.82. The largest absolute Gasteiger partial charge is 0.494 e. The highest BCUT2D eigenvalue weighted by Gasteiger charge is 2.32. The van der Waals surface area contributed by atoms with E-state index in [4.69, 9.17) is 19.2 Å². The molecule has 4 aromatic rings. The summed E-state index contributed by atoms with van der Waals surface area (Å²) in [6, 6.07) is 21.6. The Morgan fingerprint density at radius 1 is 0.929 bits per heavy atom. The minimum absolute atomic E-state index is 0.234. The minimum Gasteiger partial charge on any atom is -0.494 e. The molecule has 1 aliphatic heterocycles. The maximum absolute atomic E-state index is 14.0. The van der Waals surface area contributed by atoms with Gasteiger partial charge in [-0.15, -0.1) is 0 Å². The van der Waals surface area contributed by atoms with Gasteiger partial charge >= 0.3 is 0 Å². The van der Waals surface area contributed by atoms with Gasteiger partial charge in [-0.3, -0.25) is 14.2 Å². The lowest BCUT2D eigenvalue weighted by atomic mass is 9.95. The van der Waals surface area contributed by atoms with E-state index in [-0.39, 0.29) is 11.5 Å². The standard InChI is InChI=1S/C33H33N3O5S/c1-5-39-25-16-14-23(15-17-25)30-29(31(37)35-24-11-9-8-10-12-24)21(4)34-33-36(30)32(38)28(42-33)20-22-13-18-26(40-6-2)27(19-22)41-7-3/h8-20,30H,5-7H2,1-4H3,(H,35,37)/b28-20-/t30-/m1/s1. The van der Waals surface area contributed by atoms with E-state index in [1.54, 1.807) is 11.5 Å². The molecule has 0 radical (unpaired) electrons. The third-order valence-corrected chi connectivity index (χ3v) is 7.65. The van der Waals surface area contributed by atoms with Gasteiger partial charge in [0.2, 0.25) is 0 Å². The first-order valence-electron chi connectivity index (χ1n) is 13.9. The number of allylic oxidation sites excluding steroid dienone is 1. The summed E-state index contributed by atoms with van der Waals surface area (Å²) in [6.45, 7) is 9.10. The number of amides is 1. The van der Waals surface area contributed by atoms with Crippen molar-refractivity contribution in [1.29, 1.82) is 0 Å². The molecule has 8 nitrogen and oxygen atoms in total. The first kappa shape index (κ1) is 28.9. The van der Waals surface area contributed by atoms with Gasteiger partial charge in [0.15, 0.2) is 16.3 Å². The second-order valence-corrected chi connectivity index (χ2v) is 10.5. The monoisotopic (exact) mass is 583 g/mol. The van der Waals surface area contributed by atoms with Crippen molar-refractivity contribution in [2.45, 2.75) is 33.7 Å². The molecule has 3 aromatic carbocycles. The third-order valence-electron chi connectivity index (χ3n) is 6.67. The number of carbonyl (C=O) groups is 1. The van der Waals surface area contributed by atoms with Crippen molar-refractivity contribution in [2.24, 2.45) is 4.99 Å². The highest BCUT2D eigenvalue weighted by molar-refractivity contribution is 7.07. The number of aromatic nitrogens is 1. The summed E-state index contributed by atoms with van der Waals surface area (Å²) >= 11 is 1.29. The molecule has 0 spiro atoms. The maximum Gasteiger partial charge on any atom is 0.271 e. The highest BCUT2D eigenvalue weighted by atomic mass is 32.1. The van der Waals surface area contributed by atoms with Gasteiger partial charge in [0.05, 0.1) is 41.7 Å². The van der Waals surface area contributed by atoms with Crippen LogP contribution in [0.25, 0.3) is 6.08 Å². The Balaban J connectivity index is 1.63. The molecule has 216 valence electrons. The topological polar surface area (TPSA) is 91.2 Å². The van der Waals surface area contributed by atoms with Crippen molar-refractivity contribution in [1.82, 2.24) is 4.57 Å². The fourth-order valence-electron chi connectivity index (χ4n) is 4.87. The van der Waals surface area contributed by atoms with Crippen molar-refractivity contribution in [3.8, 4) is 17.2 Å². The van der Waals surface area contributed by atoms with E-state index in [9.17, 15) is 9.59 Å². The maximum atomic E-state index is 14.0. The molecule has 1 aromatic heterocycles. The van der Waals surface area contributed by atoms with Crippen molar-refractivity contribution in [2.75, 3.05) is 25.1 Å². The molecule has 5 rings (SSSR count). The summed E-state index contributed by atoms with van der Waals surface area (Å²) < 4.78 is 19.2. The number of para-hydroxylation sites is 1. The Kier molecular flexibility index (Phi) is 8.88. The fraction of sp³-hybridized carbons (Fsp3) is 0.242. The minimum atomic E-state index is -0.679. The molecule has 0 bridgehead atoms. The lowest BCUT2D eigenvalue weighted by Gasteiger charge is -2.25. The van der Waals surface area contributed by atoms with E-state index in [0.29, 0.717) is 63.4 Å². The molecule has 1 aliphatic rings. The molecule has 1 amide bonds. The molecule has 9 heteroatoms. The van der Waals surface area contributed by atoms with E-state index in [2.05, 4.69) is 5.32 Å². The highest BCUT2D eigenvalue weighted by Crippen LogP contribution is 2.32. The van der Waals surface area contributed by atoms with Crippen LogP contribution in [0.5, 0.6) is 17.2 Å². The van der Waals surface area contributed by atoms with Gasteiger partial charge in [0, 0.05) is 5.69 Å². The smallest absolute Gasteiger partial charge is 0.271 e. The van der Waals surface area contributed by atoms with E-state index >= 15 is 0 Å². The zero-order valence-electron chi connectivity index (χ0n) is 24.0. The quantitative estimate of drug-likeness (QED) is 0.282. The summed E-state index contributed by atoms with van der Waals surface area (Å²) in [5.41, 5.74) is 2.95. The Morgan fingerprint density at radius 3 is 2.31 bits per heavy atom. The van der Waals surface area contributed by atoms with Crippen molar-refractivity contribution in [3.63, 3.8) is 0 Å². The summed E-state index contributed by atoms with van der Waals surface area (Å²) in [5, 5.41) is 2.98. The Morgan fingerprint density at radius 2 is 1.62 bits per heavy atom. The van der Waals surface area contributed by atoms with Crippen molar-refractivity contribution in [3.05, 3.63) is 115 Å². The summed E-state index contributed by atoms with van der Waals surface area (Å²) in [7, 11) is 0. The lowest BCUT2D eigenvalue weighted by Crippen LogP contribution is -2.40. The first-order chi connectivity index (χ1) is 20.4. The predicted molar refractivity (Wildman–Crippen MR) is 165 cm³/mol. The van der Waals surface area contributed by atoms with E-state index in [1.807, 2.05) is 99.6 Å². The van der Waals surface area contributed by atoms with Gasteiger partial charge in [0.1, 0.15) is 5.75 Å². The Hall–Kier alpha value is -4.63. The van der Waals surface area contributed by atoms with Gasteiger partial charge in [-0.05, 0) is 81.3 Å². The fourth-order valence-corrected chi connectivity index (χ4v) is 5.92.